The van der Waals surface area contributed by atoms with Crippen LogP contribution in [0.5, 0.6) is 5.75 Å². The molecule has 0 unspecified atom stereocenters. The lowest BCUT2D eigenvalue weighted by Crippen LogP contribution is -2.45. The van der Waals surface area contributed by atoms with E-state index in [-0.39, 0.29) is 42.0 Å². The minimum absolute atomic E-state index is 0.0161. The molecule has 0 heterocycles. The van der Waals surface area contributed by atoms with Gasteiger partial charge in [-0.1, -0.05) is 72.8 Å². The molecule has 1 N–H and O–H groups in total. The summed E-state index contributed by atoms with van der Waals surface area (Å²) in [5.74, 6) is 0.788. The fraction of sp³-hybridized carbons (Fsp3) is 0.750. The van der Waals surface area contributed by atoms with Crippen LogP contribution in [0.15, 0.2) is 36.4 Å². The number of aliphatic hydroxyl groups is 1. The summed E-state index contributed by atoms with van der Waals surface area (Å²) in [7, 11) is -0.685. The Morgan fingerprint density at radius 2 is 1.47 bits per heavy atom. The second kappa shape index (κ2) is 20.1. The molecule has 1 rings (SSSR count). The van der Waals surface area contributed by atoms with Gasteiger partial charge in [0.25, 0.3) is 0 Å². The molecule has 45 heavy (non-hydrogen) atoms. The lowest BCUT2D eigenvalue weighted by molar-refractivity contribution is -0.124. The third-order valence-electron chi connectivity index (χ3n) is 9.68. The van der Waals surface area contributed by atoms with E-state index >= 15 is 0 Å². The zero-order valence-corrected chi connectivity index (χ0v) is 32.5. The molecular formula is C36H66O7Si2. The molecule has 0 aliphatic heterocycles. The van der Waals surface area contributed by atoms with Crippen LogP contribution in [0.2, 0.25) is 36.3 Å². The molecule has 0 fully saturated rings. The third kappa shape index (κ3) is 15.0. The largest absolute Gasteiger partial charge is 0.497 e. The van der Waals surface area contributed by atoms with Gasteiger partial charge in [-0.05, 0) is 73.2 Å². The van der Waals surface area contributed by atoms with Gasteiger partial charge in [0.05, 0.1) is 44.7 Å². The second-order valence-corrected chi connectivity index (χ2v) is 23.6. The van der Waals surface area contributed by atoms with Gasteiger partial charge in [0.15, 0.2) is 16.6 Å². The smallest absolute Gasteiger partial charge is 0.192 e. The molecule has 0 radical (unpaired) electrons. The molecule has 0 bridgehead atoms. The third-order valence-corrected chi connectivity index (χ3v) is 18.9. The van der Waals surface area contributed by atoms with E-state index in [9.17, 15) is 9.90 Å². The lowest BCUT2D eigenvalue weighted by atomic mass is 9.97. The van der Waals surface area contributed by atoms with Crippen LogP contribution in [-0.2, 0) is 29.7 Å². The average Bonchev–Trinajstić information content (AvgIpc) is 2.98. The molecule has 0 aliphatic rings. The Kier molecular flexibility index (Phi) is 18.6. The van der Waals surface area contributed by atoms with Crippen molar-refractivity contribution in [3.8, 4) is 5.75 Å². The van der Waals surface area contributed by atoms with Crippen molar-refractivity contribution >= 4 is 22.4 Å². The molecule has 0 aliphatic carbocycles. The summed E-state index contributed by atoms with van der Waals surface area (Å²) in [6.45, 7) is 24.9. The summed E-state index contributed by atoms with van der Waals surface area (Å²) in [5.41, 5.74) is 2.18. The summed E-state index contributed by atoms with van der Waals surface area (Å²) in [4.78, 5) is 13.3. The molecule has 1 aromatic rings. The van der Waals surface area contributed by atoms with Crippen molar-refractivity contribution < 1.29 is 33.0 Å². The molecule has 1 aromatic carbocycles. The number of Topliss-reactive ketones (excluding diaryl/α,β-unsaturated/α-hetero) is 1. The number of carbonyl (C=O) groups is 1. The number of ketones is 1. The highest BCUT2D eigenvalue weighted by molar-refractivity contribution is 6.74. The Hall–Kier alpha value is -1.34. The van der Waals surface area contributed by atoms with Crippen molar-refractivity contribution in [1.29, 1.82) is 0 Å². The van der Waals surface area contributed by atoms with E-state index < -0.39 is 22.7 Å². The van der Waals surface area contributed by atoms with Gasteiger partial charge in [-0.25, -0.2) is 0 Å². The maximum absolute atomic E-state index is 13.3. The highest BCUT2D eigenvalue weighted by Crippen LogP contribution is 2.39. The first-order valence-corrected chi connectivity index (χ1v) is 22.5. The number of hydrogen-bond acceptors (Lipinski definition) is 7. The quantitative estimate of drug-likeness (QED) is 0.0872. The van der Waals surface area contributed by atoms with Crippen molar-refractivity contribution in [2.24, 2.45) is 0 Å². The Labute approximate surface area is 277 Å². The summed E-state index contributed by atoms with van der Waals surface area (Å²) in [5, 5.41) is 11.2. The van der Waals surface area contributed by atoms with Gasteiger partial charge in [-0.2, -0.15) is 0 Å². The van der Waals surface area contributed by atoms with Gasteiger partial charge >= 0.3 is 0 Å². The standard InChI is InChI=1S/C36H66O7Si2/c1-13-28(5)21-34(42-44(11,12)36(6,7)8)25-33(40-10)23-30(37)22-31(38)24-35(43-45(14-2,15-3)16-4)27-41-26-29-17-19-32(39-9)20-18-29/h17-20,31,33-35,38H,5,13-16,21-27H2,1-4,6-12H3/t31-,33-,34-,35-/m1/s1. The molecule has 0 saturated carbocycles. The number of benzene rings is 1. The van der Waals surface area contributed by atoms with Gasteiger partial charge in [0.2, 0.25) is 0 Å². The topological polar surface area (TPSA) is 83.5 Å². The summed E-state index contributed by atoms with van der Waals surface area (Å²) < 4.78 is 30.7. The minimum Gasteiger partial charge on any atom is -0.497 e. The van der Waals surface area contributed by atoms with Crippen LogP contribution in [0.4, 0.5) is 0 Å². The molecule has 9 heteroatoms. The number of ether oxygens (including phenoxy) is 3. The monoisotopic (exact) mass is 666 g/mol. The zero-order valence-electron chi connectivity index (χ0n) is 30.5. The predicted molar refractivity (Wildman–Crippen MR) is 191 cm³/mol. The Morgan fingerprint density at radius 3 is 1.96 bits per heavy atom. The molecular weight excluding hydrogens is 601 g/mol. The van der Waals surface area contributed by atoms with E-state index in [0.29, 0.717) is 26.1 Å². The van der Waals surface area contributed by atoms with Gasteiger partial charge in [-0.15, -0.1) is 0 Å². The van der Waals surface area contributed by atoms with Crippen LogP contribution < -0.4 is 4.74 Å². The predicted octanol–water partition coefficient (Wildman–Crippen LogP) is 8.85. The van der Waals surface area contributed by atoms with Crippen LogP contribution in [0, 0.1) is 0 Å². The SMILES string of the molecule is C=C(CC)C[C@H](C[C@@H](CC(=O)C[C@@H](O)C[C@H](COCc1ccc(OC)cc1)O[Si](CC)(CC)CC)OC)O[Si](C)(C)C(C)(C)C. The van der Waals surface area contributed by atoms with E-state index in [1.165, 1.54) is 0 Å². The number of aliphatic hydroxyl groups excluding tert-OH is 1. The van der Waals surface area contributed by atoms with Crippen molar-refractivity contribution in [2.75, 3.05) is 20.8 Å². The first-order valence-electron chi connectivity index (χ1n) is 17.0. The van der Waals surface area contributed by atoms with E-state index in [2.05, 4.69) is 68.1 Å². The first-order chi connectivity index (χ1) is 21.1. The Balaban J connectivity index is 2.90. The highest BCUT2D eigenvalue weighted by atomic mass is 28.4. The van der Waals surface area contributed by atoms with Crippen LogP contribution >= 0.6 is 0 Å². The van der Waals surface area contributed by atoms with Crippen molar-refractivity contribution in [2.45, 2.75) is 154 Å². The Bertz CT molecular complexity index is 978. The average molecular weight is 667 g/mol. The first kappa shape index (κ1) is 41.7. The molecule has 260 valence electrons. The maximum Gasteiger partial charge on any atom is 0.192 e. The van der Waals surface area contributed by atoms with Crippen molar-refractivity contribution in [3.63, 3.8) is 0 Å². The lowest BCUT2D eigenvalue weighted by Gasteiger charge is -2.40. The van der Waals surface area contributed by atoms with Crippen LogP contribution in [0.25, 0.3) is 0 Å². The fourth-order valence-electron chi connectivity index (χ4n) is 5.31. The molecule has 0 spiro atoms. The molecule has 4 atom stereocenters. The molecule has 0 aromatic heterocycles. The van der Waals surface area contributed by atoms with Crippen LogP contribution in [0.1, 0.15) is 92.6 Å². The van der Waals surface area contributed by atoms with Crippen LogP contribution in [0.3, 0.4) is 0 Å². The van der Waals surface area contributed by atoms with E-state index in [1.807, 2.05) is 24.3 Å². The summed E-state index contributed by atoms with van der Waals surface area (Å²) >= 11 is 0. The second-order valence-electron chi connectivity index (χ2n) is 14.1. The van der Waals surface area contributed by atoms with E-state index in [0.717, 1.165) is 47.9 Å². The van der Waals surface area contributed by atoms with Gasteiger partial charge in [0.1, 0.15) is 11.5 Å². The highest BCUT2D eigenvalue weighted by Gasteiger charge is 2.40. The van der Waals surface area contributed by atoms with Crippen LogP contribution in [-0.4, -0.2) is 72.8 Å². The van der Waals surface area contributed by atoms with Gasteiger partial charge in [-0.3, -0.25) is 4.79 Å². The molecule has 0 saturated heterocycles. The normalized spacial score (nSPS) is 15.4. The fourth-order valence-corrected chi connectivity index (χ4v) is 9.55. The number of carbonyl (C=O) groups excluding carboxylic acids is 1. The van der Waals surface area contributed by atoms with Crippen molar-refractivity contribution in [3.05, 3.63) is 42.0 Å². The Morgan fingerprint density at radius 1 is 0.867 bits per heavy atom. The van der Waals surface area contributed by atoms with Gasteiger partial charge in [0, 0.05) is 26.4 Å². The molecule has 0 amide bonds. The minimum atomic E-state index is -2.03. The summed E-state index contributed by atoms with van der Waals surface area (Å²) in [6.07, 6.45) is 1.48. The maximum atomic E-state index is 13.3. The van der Waals surface area contributed by atoms with E-state index in [4.69, 9.17) is 23.1 Å². The van der Waals surface area contributed by atoms with E-state index in [1.54, 1.807) is 14.2 Å². The number of methoxy groups -OCH3 is 2. The van der Waals surface area contributed by atoms with Gasteiger partial charge < -0.3 is 28.2 Å². The number of rotatable bonds is 24. The molecule has 7 nitrogen and oxygen atoms in total. The van der Waals surface area contributed by atoms with Crippen molar-refractivity contribution in [1.82, 2.24) is 0 Å². The summed E-state index contributed by atoms with van der Waals surface area (Å²) in [6, 6.07) is 10.8. The zero-order chi connectivity index (χ0) is 34.3. The number of hydrogen-bond donors (Lipinski definition) is 1.